The lowest BCUT2D eigenvalue weighted by molar-refractivity contribution is 0.468. The van der Waals surface area contributed by atoms with Crippen molar-refractivity contribution in [1.82, 2.24) is 0 Å². The Morgan fingerprint density at radius 1 is 1.23 bits per heavy atom. The number of hydrogen-bond acceptors (Lipinski definition) is 3. The van der Waals surface area contributed by atoms with E-state index in [1.165, 1.54) is 6.07 Å². The monoisotopic (exact) mass is 201 g/mol. The van der Waals surface area contributed by atoms with Crippen LogP contribution < -0.4 is 5.14 Å². The summed E-state index contributed by atoms with van der Waals surface area (Å²) in [6.45, 7) is 3.32. The van der Waals surface area contributed by atoms with Crippen molar-refractivity contribution >= 4 is 10.0 Å². The smallest absolute Gasteiger partial charge is 0.238 e. The third kappa shape index (κ3) is 1.99. The summed E-state index contributed by atoms with van der Waals surface area (Å²) in [5, 5.41) is 14.2. The fourth-order valence-electron chi connectivity index (χ4n) is 1.13. The first-order chi connectivity index (χ1) is 5.82. The Hall–Kier alpha value is -1.07. The Labute approximate surface area is 77.1 Å². The van der Waals surface area contributed by atoms with E-state index in [2.05, 4.69) is 0 Å². The minimum atomic E-state index is -3.73. The Morgan fingerprint density at radius 2 is 1.77 bits per heavy atom. The zero-order chi connectivity index (χ0) is 10.2. The van der Waals surface area contributed by atoms with Crippen LogP contribution in [0.3, 0.4) is 0 Å². The molecule has 3 N–H and O–H groups in total. The molecule has 0 radical (unpaired) electrons. The van der Waals surface area contributed by atoms with Crippen LogP contribution in [0.5, 0.6) is 5.75 Å². The van der Waals surface area contributed by atoms with Gasteiger partial charge in [0.15, 0.2) is 0 Å². The first kappa shape index (κ1) is 10.0. The molecule has 0 amide bonds. The summed E-state index contributed by atoms with van der Waals surface area (Å²) >= 11 is 0. The molecule has 0 atom stereocenters. The first-order valence-electron chi connectivity index (χ1n) is 3.65. The van der Waals surface area contributed by atoms with Gasteiger partial charge in [0.05, 0.1) is 4.90 Å². The standard InChI is InChI=1S/C8H11NO3S/c1-5-3-6(2)8(4-7(5)10)13(9,11)12/h3-4,10H,1-2H3,(H2,9,11,12). The molecule has 72 valence electrons. The van der Waals surface area contributed by atoms with Crippen molar-refractivity contribution in [1.29, 1.82) is 0 Å². The van der Waals surface area contributed by atoms with Crippen molar-refractivity contribution in [2.24, 2.45) is 5.14 Å². The number of primary sulfonamides is 1. The molecule has 1 aromatic rings. The summed E-state index contributed by atoms with van der Waals surface area (Å²) in [4.78, 5) is -0.0319. The zero-order valence-electron chi connectivity index (χ0n) is 7.40. The third-order valence-electron chi connectivity index (χ3n) is 1.80. The predicted octanol–water partition coefficient (Wildman–Crippen LogP) is 0.656. The molecule has 0 aliphatic rings. The summed E-state index contributed by atoms with van der Waals surface area (Å²) in [6.07, 6.45) is 0. The molecule has 5 heteroatoms. The van der Waals surface area contributed by atoms with E-state index in [-0.39, 0.29) is 10.6 Å². The van der Waals surface area contributed by atoms with Crippen LogP contribution in [-0.4, -0.2) is 13.5 Å². The molecule has 0 bridgehead atoms. The zero-order valence-corrected chi connectivity index (χ0v) is 8.22. The van der Waals surface area contributed by atoms with E-state index < -0.39 is 10.0 Å². The minimum absolute atomic E-state index is 0.0319. The molecular formula is C8H11NO3S. The molecule has 0 unspecified atom stereocenters. The maximum absolute atomic E-state index is 11.0. The molecule has 0 aliphatic carbocycles. The van der Waals surface area contributed by atoms with Crippen molar-refractivity contribution in [2.75, 3.05) is 0 Å². The fourth-order valence-corrected chi connectivity index (χ4v) is 1.91. The maximum atomic E-state index is 11.0. The lowest BCUT2D eigenvalue weighted by atomic mass is 10.1. The molecule has 0 heterocycles. The molecule has 0 spiro atoms. The summed E-state index contributed by atoms with van der Waals surface area (Å²) in [5.74, 6) is -0.0605. The van der Waals surface area contributed by atoms with E-state index in [4.69, 9.17) is 5.14 Å². The van der Waals surface area contributed by atoms with Gasteiger partial charge in [-0.15, -0.1) is 0 Å². The molecule has 0 aliphatic heterocycles. The SMILES string of the molecule is Cc1cc(C)c(S(N)(=O)=O)cc1O. The quantitative estimate of drug-likeness (QED) is 0.700. The van der Waals surface area contributed by atoms with Gasteiger partial charge in [-0.1, -0.05) is 6.07 Å². The highest BCUT2D eigenvalue weighted by atomic mass is 32.2. The Morgan fingerprint density at radius 3 is 2.23 bits per heavy atom. The lowest BCUT2D eigenvalue weighted by Gasteiger charge is -2.05. The van der Waals surface area contributed by atoms with Crippen LogP contribution in [0.1, 0.15) is 11.1 Å². The molecule has 0 saturated carbocycles. The van der Waals surface area contributed by atoms with Crippen molar-refractivity contribution in [2.45, 2.75) is 18.7 Å². The second-order valence-corrected chi connectivity index (χ2v) is 4.48. The number of aromatic hydroxyl groups is 1. The number of benzene rings is 1. The molecule has 4 nitrogen and oxygen atoms in total. The van der Waals surface area contributed by atoms with Crippen LogP contribution in [0.25, 0.3) is 0 Å². The number of hydrogen-bond donors (Lipinski definition) is 2. The molecule has 0 aromatic heterocycles. The van der Waals surface area contributed by atoms with Gasteiger partial charge < -0.3 is 5.11 Å². The van der Waals surface area contributed by atoms with Gasteiger partial charge in [0.2, 0.25) is 10.0 Å². The number of nitrogens with two attached hydrogens (primary N) is 1. The average molecular weight is 201 g/mol. The highest BCUT2D eigenvalue weighted by Crippen LogP contribution is 2.23. The van der Waals surface area contributed by atoms with Gasteiger partial charge in [0, 0.05) is 6.07 Å². The number of rotatable bonds is 1. The van der Waals surface area contributed by atoms with Crippen LogP contribution in [0.4, 0.5) is 0 Å². The second-order valence-electron chi connectivity index (χ2n) is 2.95. The highest BCUT2D eigenvalue weighted by molar-refractivity contribution is 7.89. The van der Waals surface area contributed by atoms with E-state index in [9.17, 15) is 13.5 Å². The van der Waals surface area contributed by atoms with Gasteiger partial charge in [-0.05, 0) is 25.0 Å². The Bertz CT molecular complexity index is 437. The summed E-state index contributed by atoms with van der Waals surface area (Å²) in [7, 11) is -3.73. The van der Waals surface area contributed by atoms with Crippen LogP contribution in [0.15, 0.2) is 17.0 Å². The third-order valence-corrected chi connectivity index (χ3v) is 2.85. The second kappa shape index (κ2) is 3.01. The minimum Gasteiger partial charge on any atom is -0.508 e. The number of aryl methyl sites for hydroxylation is 2. The van der Waals surface area contributed by atoms with Crippen LogP contribution >= 0.6 is 0 Å². The Kier molecular flexibility index (Phi) is 2.32. The van der Waals surface area contributed by atoms with Gasteiger partial charge in [-0.25, -0.2) is 13.6 Å². The summed E-state index contributed by atoms with van der Waals surface area (Å²) in [6, 6.07) is 2.75. The predicted molar refractivity (Wildman–Crippen MR) is 49.0 cm³/mol. The molecule has 0 fully saturated rings. The van der Waals surface area contributed by atoms with Gasteiger partial charge in [-0.2, -0.15) is 0 Å². The maximum Gasteiger partial charge on any atom is 0.238 e. The molecule has 1 rings (SSSR count). The van der Waals surface area contributed by atoms with Gasteiger partial charge >= 0.3 is 0 Å². The van der Waals surface area contributed by atoms with Gasteiger partial charge in [0.25, 0.3) is 0 Å². The van der Waals surface area contributed by atoms with E-state index in [0.29, 0.717) is 11.1 Å². The van der Waals surface area contributed by atoms with E-state index in [1.54, 1.807) is 19.9 Å². The van der Waals surface area contributed by atoms with E-state index in [1.807, 2.05) is 0 Å². The fraction of sp³-hybridized carbons (Fsp3) is 0.250. The lowest BCUT2D eigenvalue weighted by Crippen LogP contribution is -2.13. The number of phenolic OH excluding ortho intramolecular Hbond substituents is 1. The van der Waals surface area contributed by atoms with Crippen molar-refractivity contribution in [3.8, 4) is 5.75 Å². The Balaban J connectivity index is 3.50. The van der Waals surface area contributed by atoms with Gasteiger partial charge in [0.1, 0.15) is 5.75 Å². The average Bonchev–Trinajstić information content (AvgIpc) is 1.94. The van der Waals surface area contributed by atoms with Crippen molar-refractivity contribution in [3.63, 3.8) is 0 Å². The normalized spacial score (nSPS) is 11.6. The summed E-state index contributed by atoms with van der Waals surface area (Å²) < 4.78 is 22.0. The summed E-state index contributed by atoms with van der Waals surface area (Å²) in [5.41, 5.74) is 1.17. The van der Waals surface area contributed by atoms with Crippen LogP contribution in [0.2, 0.25) is 0 Å². The van der Waals surface area contributed by atoms with E-state index >= 15 is 0 Å². The number of phenols is 1. The highest BCUT2D eigenvalue weighted by Gasteiger charge is 2.13. The molecule has 13 heavy (non-hydrogen) atoms. The number of sulfonamides is 1. The van der Waals surface area contributed by atoms with Gasteiger partial charge in [-0.3, -0.25) is 0 Å². The topological polar surface area (TPSA) is 80.4 Å². The molecular weight excluding hydrogens is 190 g/mol. The van der Waals surface area contributed by atoms with Crippen molar-refractivity contribution in [3.05, 3.63) is 23.3 Å². The van der Waals surface area contributed by atoms with E-state index in [0.717, 1.165) is 0 Å². The largest absolute Gasteiger partial charge is 0.508 e. The van der Waals surface area contributed by atoms with Crippen molar-refractivity contribution < 1.29 is 13.5 Å². The first-order valence-corrected chi connectivity index (χ1v) is 5.20. The molecule has 0 saturated heterocycles. The van der Waals surface area contributed by atoms with Crippen LogP contribution in [-0.2, 0) is 10.0 Å². The molecule has 1 aromatic carbocycles. The van der Waals surface area contributed by atoms with Crippen LogP contribution in [0, 0.1) is 13.8 Å².